The van der Waals surface area contributed by atoms with E-state index in [0.717, 1.165) is 4.42 Å². The molecule has 0 saturated carbocycles. The van der Waals surface area contributed by atoms with Crippen molar-refractivity contribution in [1.82, 2.24) is 4.42 Å². The van der Waals surface area contributed by atoms with Gasteiger partial charge in [-0.1, -0.05) is 0 Å². The summed E-state index contributed by atoms with van der Waals surface area (Å²) < 4.78 is 1.06. The van der Waals surface area contributed by atoms with Gasteiger partial charge in [-0.15, -0.1) is 0 Å². The number of nitrogens with one attached hydrogen (secondary N) is 1. The molecule has 0 aliphatic carbocycles. The summed E-state index contributed by atoms with van der Waals surface area (Å²) in [5.41, 5.74) is 10.0. The number of guanidine groups is 1. The van der Waals surface area contributed by atoms with Gasteiger partial charge in [0.1, 0.15) is 0 Å². The fourth-order valence-electron chi connectivity index (χ4n) is 0.234. The van der Waals surface area contributed by atoms with Crippen LogP contribution in [0, 0.1) is 5.41 Å². The first-order valence-electron chi connectivity index (χ1n) is 2.16. The minimum absolute atomic E-state index is 0.169. The molecule has 0 aliphatic rings. The van der Waals surface area contributed by atoms with Crippen LogP contribution in [-0.4, -0.2) is 23.5 Å². The summed E-state index contributed by atoms with van der Waals surface area (Å²) in [6.45, 7) is 0.819. The zero-order valence-electron chi connectivity index (χ0n) is 4.39. The van der Waals surface area contributed by atoms with Crippen LogP contribution in [0.25, 0.3) is 0 Å². The van der Waals surface area contributed by atoms with Crippen LogP contribution in [0.2, 0.25) is 0 Å². The highest BCUT2D eigenvalue weighted by Crippen LogP contribution is 1.87. The number of nitrogens with two attached hydrogens (primary N) is 2. The van der Waals surface area contributed by atoms with Gasteiger partial charge in [-0.05, 0) is 0 Å². The van der Waals surface area contributed by atoms with E-state index >= 15 is 0 Å². The van der Waals surface area contributed by atoms with E-state index in [2.05, 4.69) is 0 Å². The van der Waals surface area contributed by atoms with Crippen LogP contribution >= 0.6 is 11.8 Å². The summed E-state index contributed by atoms with van der Waals surface area (Å²) in [6, 6.07) is 0. The van der Waals surface area contributed by atoms with Crippen molar-refractivity contribution in [3.8, 4) is 0 Å². The second-order valence-electron chi connectivity index (χ2n) is 1.26. The molecule has 48 valence electrons. The van der Waals surface area contributed by atoms with Crippen molar-refractivity contribution in [2.75, 3.05) is 13.1 Å². The Labute approximate surface area is 53.0 Å². The lowest BCUT2D eigenvalue weighted by molar-refractivity contribution is 0.647. The molecule has 5 heteroatoms. The van der Waals surface area contributed by atoms with Gasteiger partial charge in [0.2, 0.25) is 5.96 Å². The van der Waals surface area contributed by atoms with Crippen molar-refractivity contribution >= 4 is 17.7 Å². The second-order valence-corrected chi connectivity index (χ2v) is 1.67. The molecule has 0 heterocycles. The van der Waals surface area contributed by atoms with E-state index in [-0.39, 0.29) is 5.96 Å². The van der Waals surface area contributed by atoms with Crippen LogP contribution < -0.4 is 11.5 Å². The van der Waals surface area contributed by atoms with Crippen molar-refractivity contribution in [1.29, 1.82) is 5.41 Å². The maximum atomic E-state index is 6.72. The monoisotopic (exact) mass is 136 g/mol. The highest BCUT2D eigenvalue weighted by atomic mass is 35.5. The summed E-state index contributed by atoms with van der Waals surface area (Å²) in [4.78, 5) is 0. The molecule has 0 aromatic carbocycles. The fourth-order valence-corrected chi connectivity index (χ4v) is 0.331. The molecule has 0 aliphatic heterocycles. The largest absolute Gasteiger partial charge is 0.369 e. The zero-order valence-corrected chi connectivity index (χ0v) is 5.15. The third-order valence-electron chi connectivity index (χ3n) is 0.587. The Hall–Kier alpha value is -0.480. The van der Waals surface area contributed by atoms with Crippen LogP contribution in [0.15, 0.2) is 0 Å². The summed E-state index contributed by atoms with van der Waals surface area (Å²) in [7, 11) is 0. The molecule has 4 nitrogen and oxygen atoms in total. The van der Waals surface area contributed by atoms with Gasteiger partial charge in [-0.25, -0.2) is 0 Å². The molecular weight excluding hydrogens is 128 g/mol. The van der Waals surface area contributed by atoms with Crippen LogP contribution in [-0.2, 0) is 0 Å². The van der Waals surface area contributed by atoms with E-state index < -0.39 is 0 Å². The highest BCUT2D eigenvalue weighted by molar-refractivity contribution is 6.21. The molecule has 0 atom stereocenters. The Morgan fingerprint density at radius 1 is 1.75 bits per heavy atom. The smallest absolute Gasteiger partial charge is 0.203 e. The number of nitrogens with zero attached hydrogens (tertiary/aromatic N) is 1. The van der Waals surface area contributed by atoms with Gasteiger partial charge in [-0.3, -0.25) is 9.83 Å². The summed E-state index contributed by atoms with van der Waals surface area (Å²) in [5.74, 6) is -0.169. The molecule has 0 amide bonds. The molecule has 0 spiro atoms. The third-order valence-corrected chi connectivity index (χ3v) is 0.938. The summed E-state index contributed by atoms with van der Waals surface area (Å²) in [6.07, 6.45) is 0. The van der Waals surface area contributed by atoms with Crippen LogP contribution in [0.5, 0.6) is 0 Å². The Balaban J connectivity index is 3.32. The van der Waals surface area contributed by atoms with E-state index in [1.807, 2.05) is 0 Å². The summed E-state index contributed by atoms with van der Waals surface area (Å²) in [5, 5.41) is 6.72. The number of halogens is 1. The highest BCUT2D eigenvalue weighted by Gasteiger charge is 1.97. The van der Waals surface area contributed by atoms with E-state index in [9.17, 15) is 0 Å². The Kier molecular flexibility index (Phi) is 3.30. The van der Waals surface area contributed by atoms with E-state index in [0.29, 0.717) is 13.1 Å². The SMILES string of the molecule is N=C(N)N(Cl)CCN. The maximum Gasteiger partial charge on any atom is 0.203 e. The molecule has 0 aromatic heterocycles. The molecule has 0 bridgehead atoms. The van der Waals surface area contributed by atoms with Gasteiger partial charge < -0.3 is 11.5 Å². The number of rotatable bonds is 2. The van der Waals surface area contributed by atoms with Crippen molar-refractivity contribution in [2.24, 2.45) is 11.5 Å². The minimum Gasteiger partial charge on any atom is -0.369 e. The van der Waals surface area contributed by atoms with Gasteiger partial charge in [0.05, 0.1) is 6.54 Å². The van der Waals surface area contributed by atoms with Gasteiger partial charge in [0.25, 0.3) is 0 Å². The van der Waals surface area contributed by atoms with Crippen LogP contribution in [0.1, 0.15) is 0 Å². The lowest BCUT2D eigenvalue weighted by Gasteiger charge is -2.09. The molecule has 0 fully saturated rings. The quantitative estimate of drug-likeness (QED) is 0.267. The number of hydrogen-bond acceptors (Lipinski definition) is 2. The van der Waals surface area contributed by atoms with Crippen molar-refractivity contribution in [3.05, 3.63) is 0 Å². The molecule has 0 saturated heterocycles. The van der Waals surface area contributed by atoms with Crippen LogP contribution in [0.4, 0.5) is 0 Å². The predicted octanol–water partition coefficient (Wildman–Crippen LogP) is -0.706. The Morgan fingerprint density at radius 3 is 2.38 bits per heavy atom. The normalized spacial score (nSPS) is 8.75. The van der Waals surface area contributed by atoms with Gasteiger partial charge in [0, 0.05) is 18.3 Å². The Bertz CT molecular complexity index is 83.4. The van der Waals surface area contributed by atoms with Gasteiger partial charge >= 0.3 is 0 Å². The number of hydrogen-bond donors (Lipinski definition) is 3. The Morgan fingerprint density at radius 2 is 2.25 bits per heavy atom. The van der Waals surface area contributed by atoms with E-state index in [1.54, 1.807) is 0 Å². The van der Waals surface area contributed by atoms with Crippen molar-refractivity contribution in [3.63, 3.8) is 0 Å². The van der Waals surface area contributed by atoms with Crippen molar-refractivity contribution in [2.45, 2.75) is 0 Å². The van der Waals surface area contributed by atoms with Crippen LogP contribution in [0.3, 0.4) is 0 Å². The third kappa shape index (κ3) is 2.65. The molecule has 0 radical (unpaired) electrons. The molecule has 5 N–H and O–H groups in total. The summed E-state index contributed by atoms with van der Waals surface area (Å²) >= 11 is 5.32. The topological polar surface area (TPSA) is 79.1 Å². The first-order chi connectivity index (χ1) is 3.68. The van der Waals surface area contributed by atoms with E-state index in [4.69, 9.17) is 28.7 Å². The second kappa shape index (κ2) is 3.51. The van der Waals surface area contributed by atoms with Gasteiger partial charge in [0.15, 0.2) is 0 Å². The zero-order chi connectivity index (χ0) is 6.57. The fraction of sp³-hybridized carbons (Fsp3) is 0.667. The molecule has 0 unspecified atom stereocenters. The first kappa shape index (κ1) is 7.52. The maximum absolute atomic E-state index is 6.72. The average molecular weight is 137 g/mol. The van der Waals surface area contributed by atoms with Gasteiger partial charge in [-0.2, -0.15) is 0 Å². The molecular formula is C3H9ClN4. The lowest BCUT2D eigenvalue weighted by Crippen LogP contribution is -2.32. The molecule has 0 rings (SSSR count). The predicted molar refractivity (Wildman–Crippen MR) is 33.5 cm³/mol. The molecule has 0 aromatic rings. The lowest BCUT2D eigenvalue weighted by atomic mass is 10.6. The minimum atomic E-state index is -0.169. The standard InChI is InChI=1S/C3H9ClN4/c4-8(2-1-5)3(6)7/h1-2,5H2,(H3,6,7). The first-order valence-corrected chi connectivity index (χ1v) is 2.49. The average Bonchev–Trinajstić information content (AvgIpc) is 1.67. The van der Waals surface area contributed by atoms with Crippen molar-refractivity contribution < 1.29 is 0 Å². The molecule has 8 heavy (non-hydrogen) atoms. The van der Waals surface area contributed by atoms with E-state index in [1.165, 1.54) is 0 Å².